The van der Waals surface area contributed by atoms with E-state index < -0.39 is 86.1 Å². The van der Waals surface area contributed by atoms with Crippen LogP contribution in [0.2, 0.25) is 0 Å². The Bertz CT molecular complexity index is 1230. The summed E-state index contributed by atoms with van der Waals surface area (Å²) in [5.74, 6) is -0.813. The molecule has 48 heavy (non-hydrogen) atoms. The number of benzene rings is 2. The van der Waals surface area contributed by atoms with Crippen LogP contribution in [-0.2, 0) is 18.9 Å². The van der Waals surface area contributed by atoms with Gasteiger partial charge in [-0.05, 0) is 35.4 Å². The lowest BCUT2D eigenvalue weighted by molar-refractivity contribution is -0.231. The van der Waals surface area contributed by atoms with E-state index in [1.54, 1.807) is 36.4 Å². The summed E-state index contributed by atoms with van der Waals surface area (Å²) in [7, 11) is 0. The van der Waals surface area contributed by atoms with Crippen molar-refractivity contribution < 1.29 is 69.4 Å². The maximum absolute atomic E-state index is 12.6. The predicted molar refractivity (Wildman–Crippen MR) is 165 cm³/mol. The van der Waals surface area contributed by atoms with E-state index in [1.807, 2.05) is 0 Å². The third-order valence-electron chi connectivity index (χ3n) is 8.18. The zero-order valence-electron chi connectivity index (χ0n) is 26.1. The van der Waals surface area contributed by atoms with E-state index in [-0.39, 0.29) is 50.6 Å². The summed E-state index contributed by atoms with van der Waals surface area (Å²) in [5, 5.41) is 85.1. The van der Waals surface area contributed by atoms with Gasteiger partial charge in [-0.25, -0.2) is 0 Å². The smallest absolute Gasteiger partial charge is 0.251 e. The molecule has 4 rings (SSSR count). The fraction of sp³-hybridized carbons (Fsp3) is 0.562. The maximum Gasteiger partial charge on any atom is 0.251 e. The lowest BCUT2D eigenvalue weighted by atomic mass is 9.90. The Morgan fingerprint density at radius 2 is 0.979 bits per heavy atom. The summed E-state index contributed by atoms with van der Waals surface area (Å²) in [6.07, 6.45) is -13.2. The molecule has 0 unspecified atom stereocenters. The molecule has 2 fully saturated rings. The normalized spacial score (nSPS) is 30.5. The topological polar surface area (TPSA) is 257 Å². The minimum atomic E-state index is -1.53. The van der Waals surface area contributed by atoms with E-state index >= 15 is 0 Å². The molecule has 2 aromatic carbocycles. The van der Waals surface area contributed by atoms with Crippen molar-refractivity contribution in [3.8, 4) is 0 Å². The van der Waals surface area contributed by atoms with E-state index in [4.69, 9.17) is 18.9 Å². The fourth-order valence-electron chi connectivity index (χ4n) is 5.47. The van der Waals surface area contributed by atoms with Gasteiger partial charge >= 0.3 is 0 Å². The summed E-state index contributed by atoms with van der Waals surface area (Å²) >= 11 is 0. The van der Waals surface area contributed by atoms with Crippen molar-refractivity contribution in [3.05, 3.63) is 70.8 Å². The zero-order chi connectivity index (χ0) is 34.8. The molecule has 2 amide bonds. The molecule has 0 aliphatic carbocycles. The van der Waals surface area contributed by atoms with Crippen molar-refractivity contribution in [2.24, 2.45) is 0 Å². The third kappa shape index (κ3) is 9.32. The van der Waals surface area contributed by atoms with Crippen molar-refractivity contribution in [1.29, 1.82) is 0 Å². The number of aliphatic hydroxyl groups excluding tert-OH is 8. The standard InChI is InChI=1S/C32H44N2O14/c35-15-21-23(37)25(39)27(41)29(47-21)17-3-1-5-19(13-17)31(43)33-7-9-45-11-12-46-10-8-34-32(44)20-6-2-4-18(14-20)30-28(42)26(40)24(38)22(16-36)48-30/h1-6,13-14,21-30,35-42H,7-12,15-16H2,(H,33,43)(H,34,44)/t21-,22-,23-,24-,25+,26+,27-,28+,29-,30-/m1/s1. The molecule has 2 aliphatic rings. The lowest BCUT2D eigenvalue weighted by Gasteiger charge is -2.40. The molecule has 2 heterocycles. The minimum absolute atomic E-state index is 0.196. The van der Waals surface area contributed by atoms with Gasteiger partial charge in [0.05, 0.1) is 39.6 Å². The highest BCUT2D eigenvalue weighted by Crippen LogP contribution is 2.34. The Labute approximate surface area is 276 Å². The van der Waals surface area contributed by atoms with Crippen LogP contribution in [0.1, 0.15) is 44.1 Å². The summed E-state index contributed by atoms with van der Waals surface area (Å²) < 4.78 is 22.1. The molecule has 2 saturated heterocycles. The molecule has 2 aliphatic heterocycles. The first-order valence-electron chi connectivity index (χ1n) is 15.6. The molecule has 10 atom stereocenters. The van der Waals surface area contributed by atoms with Crippen molar-refractivity contribution in [3.63, 3.8) is 0 Å². The highest BCUT2D eigenvalue weighted by atomic mass is 16.6. The molecule has 16 heteroatoms. The van der Waals surface area contributed by atoms with Gasteiger partial charge in [0.15, 0.2) is 0 Å². The molecule has 0 radical (unpaired) electrons. The van der Waals surface area contributed by atoms with Crippen LogP contribution in [0.25, 0.3) is 0 Å². The maximum atomic E-state index is 12.6. The van der Waals surface area contributed by atoms with E-state index in [1.165, 1.54) is 12.1 Å². The van der Waals surface area contributed by atoms with Crippen LogP contribution in [0.3, 0.4) is 0 Å². The SMILES string of the molecule is O=C(NCCOCCOCCNC(=O)c1cccc([C@H]2O[C@H](CO)[C@@H](O)[C@H](O)[C@@H]2O)c1)c1cccc([C@H]2O[C@H](CO)[C@@H](O)[C@H](O)[C@H]2O)c1. The van der Waals surface area contributed by atoms with Crippen LogP contribution in [-0.4, -0.2) is 154 Å². The summed E-state index contributed by atoms with van der Waals surface area (Å²) in [6.45, 7) is 0.138. The molecule has 0 spiro atoms. The molecule has 266 valence electrons. The number of hydrogen-bond donors (Lipinski definition) is 10. The number of ether oxygens (including phenoxy) is 4. The molecule has 0 saturated carbocycles. The number of carbonyl (C=O) groups is 2. The van der Waals surface area contributed by atoms with E-state index in [0.29, 0.717) is 11.1 Å². The molecule has 0 bridgehead atoms. The Morgan fingerprint density at radius 1 is 0.583 bits per heavy atom. The second kappa shape index (κ2) is 18.1. The molecule has 16 nitrogen and oxygen atoms in total. The Hall–Kier alpha value is -3.10. The Morgan fingerprint density at radius 3 is 1.35 bits per heavy atom. The Kier molecular flexibility index (Phi) is 14.2. The number of carbonyl (C=O) groups excluding carboxylic acids is 2. The number of amides is 2. The highest BCUT2D eigenvalue weighted by Gasteiger charge is 2.45. The summed E-state index contributed by atoms with van der Waals surface area (Å²) in [4.78, 5) is 25.2. The van der Waals surface area contributed by atoms with Crippen LogP contribution < -0.4 is 10.6 Å². The van der Waals surface area contributed by atoms with Crippen LogP contribution in [0.5, 0.6) is 0 Å². The molecular formula is C32H44N2O14. The number of rotatable bonds is 15. The van der Waals surface area contributed by atoms with Gasteiger partial charge < -0.3 is 70.4 Å². The first-order valence-corrected chi connectivity index (χ1v) is 15.6. The largest absolute Gasteiger partial charge is 0.394 e. The first-order chi connectivity index (χ1) is 23.1. The monoisotopic (exact) mass is 680 g/mol. The van der Waals surface area contributed by atoms with Gasteiger partial charge in [-0.2, -0.15) is 0 Å². The minimum Gasteiger partial charge on any atom is -0.394 e. The number of aliphatic hydroxyl groups is 8. The average Bonchev–Trinajstić information content (AvgIpc) is 3.10. The van der Waals surface area contributed by atoms with Gasteiger partial charge in [0, 0.05) is 24.2 Å². The molecule has 10 N–H and O–H groups in total. The summed E-state index contributed by atoms with van der Waals surface area (Å²) in [6, 6.07) is 12.5. The van der Waals surface area contributed by atoms with Crippen LogP contribution in [0.4, 0.5) is 0 Å². The van der Waals surface area contributed by atoms with E-state index in [2.05, 4.69) is 10.6 Å². The van der Waals surface area contributed by atoms with Crippen LogP contribution in [0.15, 0.2) is 48.5 Å². The zero-order valence-corrected chi connectivity index (χ0v) is 26.1. The number of nitrogens with one attached hydrogen (secondary N) is 2. The van der Waals surface area contributed by atoms with Crippen LogP contribution in [0, 0.1) is 0 Å². The average molecular weight is 681 g/mol. The second-order valence-corrected chi connectivity index (χ2v) is 11.5. The quantitative estimate of drug-likeness (QED) is 0.0837. The van der Waals surface area contributed by atoms with E-state index in [0.717, 1.165) is 0 Å². The summed E-state index contributed by atoms with van der Waals surface area (Å²) in [5.41, 5.74) is 1.34. The second-order valence-electron chi connectivity index (χ2n) is 11.5. The van der Waals surface area contributed by atoms with Gasteiger partial charge in [0.2, 0.25) is 0 Å². The predicted octanol–water partition coefficient (Wildman–Crippen LogP) is -3.09. The van der Waals surface area contributed by atoms with Crippen molar-refractivity contribution in [2.45, 2.75) is 61.0 Å². The van der Waals surface area contributed by atoms with Gasteiger partial charge in [-0.1, -0.05) is 24.3 Å². The number of hydrogen-bond acceptors (Lipinski definition) is 14. The third-order valence-corrected chi connectivity index (χ3v) is 8.18. The van der Waals surface area contributed by atoms with Gasteiger partial charge in [-0.15, -0.1) is 0 Å². The van der Waals surface area contributed by atoms with Crippen molar-refractivity contribution in [2.75, 3.05) is 52.7 Å². The van der Waals surface area contributed by atoms with Gasteiger partial charge in [0.25, 0.3) is 11.8 Å². The fourth-order valence-corrected chi connectivity index (χ4v) is 5.47. The molecular weight excluding hydrogens is 636 g/mol. The van der Waals surface area contributed by atoms with Crippen LogP contribution >= 0.6 is 0 Å². The molecule has 0 aromatic heterocycles. The first kappa shape index (κ1) is 37.7. The van der Waals surface area contributed by atoms with E-state index in [9.17, 15) is 50.4 Å². The van der Waals surface area contributed by atoms with Crippen molar-refractivity contribution >= 4 is 11.8 Å². The Balaban J connectivity index is 1.10. The highest BCUT2D eigenvalue weighted by molar-refractivity contribution is 5.94. The lowest BCUT2D eigenvalue weighted by Crippen LogP contribution is -2.55. The molecule has 2 aromatic rings. The van der Waals surface area contributed by atoms with Gasteiger partial charge in [0.1, 0.15) is 61.0 Å². The van der Waals surface area contributed by atoms with Gasteiger partial charge in [-0.3, -0.25) is 9.59 Å². The van der Waals surface area contributed by atoms with Crippen molar-refractivity contribution in [1.82, 2.24) is 10.6 Å².